The SMILES string of the molecule is CCCOc1cc(C)c(CN2CCNCC2)c(C)c1C. The van der Waals surface area contributed by atoms with Gasteiger partial charge >= 0.3 is 0 Å². The van der Waals surface area contributed by atoms with Gasteiger partial charge in [0.15, 0.2) is 0 Å². The van der Waals surface area contributed by atoms with Crippen molar-refractivity contribution in [1.29, 1.82) is 0 Å². The number of benzene rings is 1. The van der Waals surface area contributed by atoms with Gasteiger partial charge in [-0.25, -0.2) is 0 Å². The molecule has 0 amide bonds. The van der Waals surface area contributed by atoms with Crippen LogP contribution in [0.25, 0.3) is 0 Å². The minimum Gasteiger partial charge on any atom is -0.493 e. The van der Waals surface area contributed by atoms with Gasteiger partial charge in [-0.05, 0) is 55.5 Å². The fourth-order valence-corrected chi connectivity index (χ4v) is 2.80. The van der Waals surface area contributed by atoms with E-state index >= 15 is 0 Å². The van der Waals surface area contributed by atoms with E-state index in [4.69, 9.17) is 4.74 Å². The lowest BCUT2D eigenvalue weighted by Gasteiger charge is -2.29. The number of piperazine rings is 1. The molecule has 0 saturated carbocycles. The summed E-state index contributed by atoms with van der Waals surface area (Å²) in [5.41, 5.74) is 5.54. The van der Waals surface area contributed by atoms with Crippen molar-refractivity contribution in [3.8, 4) is 5.75 Å². The Morgan fingerprint density at radius 1 is 1.15 bits per heavy atom. The Hall–Kier alpha value is -1.06. The first-order valence-corrected chi connectivity index (χ1v) is 7.79. The lowest BCUT2D eigenvalue weighted by atomic mass is 9.96. The molecule has 0 bridgehead atoms. The Balaban J connectivity index is 2.18. The van der Waals surface area contributed by atoms with Gasteiger partial charge in [-0.1, -0.05) is 6.92 Å². The molecule has 1 aromatic rings. The van der Waals surface area contributed by atoms with Crippen LogP contribution < -0.4 is 10.1 Å². The molecule has 1 fully saturated rings. The molecule has 0 aromatic heterocycles. The third kappa shape index (κ3) is 3.53. The number of ether oxygens (including phenoxy) is 1. The molecule has 1 aliphatic rings. The van der Waals surface area contributed by atoms with E-state index in [9.17, 15) is 0 Å². The fourth-order valence-electron chi connectivity index (χ4n) is 2.80. The summed E-state index contributed by atoms with van der Waals surface area (Å²) >= 11 is 0. The van der Waals surface area contributed by atoms with Gasteiger partial charge in [-0.3, -0.25) is 4.90 Å². The smallest absolute Gasteiger partial charge is 0.122 e. The van der Waals surface area contributed by atoms with Crippen LogP contribution in [0.3, 0.4) is 0 Å². The van der Waals surface area contributed by atoms with Crippen LogP contribution in [0.5, 0.6) is 5.75 Å². The highest BCUT2D eigenvalue weighted by Gasteiger charge is 2.15. The van der Waals surface area contributed by atoms with Crippen LogP contribution in [-0.4, -0.2) is 37.7 Å². The van der Waals surface area contributed by atoms with Crippen molar-refractivity contribution in [1.82, 2.24) is 10.2 Å². The molecule has 2 rings (SSSR count). The Morgan fingerprint density at radius 2 is 1.85 bits per heavy atom. The van der Waals surface area contributed by atoms with E-state index in [-0.39, 0.29) is 0 Å². The molecular weight excluding hydrogens is 248 g/mol. The highest BCUT2D eigenvalue weighted by Crippen LogP contribution is 2.28. The molecule has 0 unspecified atom stereocenters. The maximum absolute atomic E-state index is 5.87. The Bertz CT molecular complexity index is 451. The molecule has 112 valence electrons. The van der Waals surface area contributed by atoms with Crippen LogP contribution in [0.1, 0.15) is 35.6 Å². The van der Waals surface area contributed by atoms with E-state index < -0.39 is 0 Å². The van der Waals surface area contributed by atoms with Crippen molar-refractivity contribution in [2.45, 2.75) is 40.7 Å². The summed E-state index contributed by atoms with van der Waals surface area (Å²) < 4.78 is 5.87. The summed E-state index contributed by atoms with van der Waals surface area (Å²) in [6, 6.07) is 2.22. The Kier molecular flexibility index (Phi) is 5.44. The molecule has 1 saturated heterocycles. The summed E-state index contributed by atoms with van der Waals surface area (Å²) in [5.74, 6) is 1.06. The summed E-state index contributed by atoms with van der Waals surface area (Å²) in [6.07, 6.45) is 1.06. The Labute approximate surface area is 123 Å². The normalized spacial score (nSPS) is 16.4. The number of rotatable bonds is 5. The van der Waals surface area contributed by atoms with E-state index in [1.807, 2.05) is 0 Å². The lowest BCUT2D eigenvalue weighted by Crippen LogP contribution is -2.43. The number of nitrogens with one attached hydrogen (secondary N) is 1. The van der Waals surface area contributed by atoms with Crippen molar-refractivity contribution in [3.63, 3.8) is 0 Å². The van der Waals surface area contributed by atoms with E-state index in [1.165, 1.54) is 22.3 Å². The molecule has 0 atom stereocenters. The second-order valence-corrected chi connectivity index (χ2v) is 5.79. The van der Waals surface area contributed by atoms with E-state index in [0.717, 1.165) is 51.5 Å². The third-order valence-electron chi connectivity index (χ3n) is 4.26. The molecule has 3 nitrogen and oxygen atoms in total. The van der Waals surface area contributed by atoms with Gasteiger partial charge in [0.2, 0.25) is 0 Å². The number of hydrogen-bond donors (Lipinski definition) is 1. The second-order valence-electron chi connectivity index (χ2n) is 5.79. The molecule has 20 heavy (non-hydrogen) atoms. The second kappa shape index (κ2) is 7.09. The van der Waals surface area contributed by atoms with E-state index in [1.54, 1.807) is 0 Å². The van der Waals surface area contributed by atoms with Crippen LogP contribution in [-0.2, 0) is 6.54 Å². The zero-order chi connectivity index (χ0) is 14.5. The van der Waals surface area contributed by atoms with Gasteiger partial charge < -0.3 is 10.1 Å². The predicted molar refractivity (Wildman–Crippen MR) is 84.6 cm³/mol. The highest BCUT2D eigenvalue weighted by atomic mass is 16.5. The van der Waals surface area contributed by atoms with Gasteiger partial charge in [0, 0.05) is 32.7 Å². The molecule has 1 aromatic carbocycles. The average Bonchev–Trinajstić information content (AvgIpc) is 2.47. The van der Waals surface area contributed by atoms with Crippen LogP contribution in [0, 0.1) is 20.8 Å². The highest BCUT2D eigenvalue weighted by molar-refractivity contribution is 5.48. The molecule has 3 heteroatoms. The minimum absolute atomic E-state index is 0.802. The van der Waals surface area contributed by atoms with Crippen molar-refractivity contribution in [3.05, 3.63) is 28.3 Å². The third-order valence-corrected chi connectivity index (χ3v) is 4.26. The molecule has 1 aliphatic heterocycles. The van der Waals surface area contributed by atoms with Crippen molar-refractivity contribution >= 4 is 0 Å². The monoisotopic (exact) mass is 276 g/mol. The number of hydrogen-bond acceptors (Lipinski definition) is 3. The topological polar surface area (TPSA) is 24.5 Å². The predicted octanol–water partition coefficient (Wildman–Crippen LogP) is 2.81. The molecule has 1 N–H and O–H groups in total. The first kappa shape index (κ1) is 15.3. The summed E-state index contributed by atoms with van der Waals surface area (Å²) in [4.78, 5) is 2.54. The molecule has 0 spiro atoms. The van der Waals surface area contributed by atoms with Gasteiger partial charge in [0.05, 0.1) is 6.61 Å². The van der Waals surface area contributed by atoms with E-state index in [2.05, 4.69) is 44.0 Å². The van der Waals surface area contributed by atoms with Crippen molar-refractivity contribution in [2.24, 2.45) is 0 Å². The first-order valence-electron chi connectivity index (χ1n) is 7.79. The largest absolute Gasteiger partial charge is 0.493 e. The molecule has 1 heterocycles. The van der Waals surface area contributed by atoms with Crippen LogP contribution in [0.15, 0.2) is 6.07 Å². The fraction of sp³-hybridized carbons (Fsp3) is 0.647. The van der Waals surface area contributed by atoms with Crippen molar-refractivity contribution < 1.29 is 4.74 Å². The zero-order valence-electron chi connectivity index (χ0n) is 13.4. The van der Waals surface area contributed by atoms with Crippen LogP contribution in [0.4, 0.5) is 0 Å². The van der Waals surface area contributed by atoms with Gasteiger partial charge in [-0.15, -0.1) is 0 Å². The maximum Gasteiger partial charge on any atom is 0.122 e. The Morgan fingerprint density at radius 3 is 2.50 bits per heavy atom. The first-order chi connectivity index (χ1) is 9.63. The summed E-state index contributed by atoms with van der Waals surface area (Å²) in [5, 5.41) is 3.41. The minimum atomic E-state index is 0.802. The van der Waals surface area contributed by atoms with Crippen LogP contribution in [0.2, 0.25) is 0 Å². The molecular formula is C17H28N2O. The molecule has 0 aliphatic carbocycles. The van der Waals surface area contributed by atoms with Crippen LogP contribution >= 0.6 is 0 Å². The maximum atomic E-state index is 5.87. The standard InChI is InChI=1S/C17H28N2O/c1-5-10-20-17-11-13(2)16(14(3)15(17)4)12-19-8-6-18-7-9-19/h11,18H,5-10,12H2,1-4H3. The summed E-state index contributed by atoms with van der Waals surface area (Å²) in [7, 11) is 0. The zero-order valence-corrected chi connectivity index (χ0v) is 13.4. The summed E-state index contributed by atoms with van der Waals surface area (Å²) in [6.45, 7) is 15.1. The lowest BCUT2D eigenvalue weighted by molar-refractivity contribution is 0.232. The molecule has 0 radical (unpaired) electrons. The van der Waals surface area contributed by atoms with E-state index in [0.29, 0.717) is 0 Å². The number of aryl methyl sites for hydroxylation is 1. The van der Waals surface area contributed by atoms with Gasteiger partial charge in [-0.2, -0.15) is 0 Å². The number of nitrogens with zero attached hydrogens (tertiary/aromatic N) is 1. The van der Waals surface area contributed by atoms with Crippen molar-refractivity contribution in [2.75, 3.05) is 32.8 Å². The average molecular weight is 276 g/mol. The van der Waals surface area contributed by atoms with Gasteiger partial charge in [0.1, 0.15) is 5.75 Å². The van der Waals surface area contributed by atoms with Gasteiger partial charge in [0.25, 0.3) is 0 Å². The quantitative estimate of drug-likeness (QED) is 0.895.